The molecule has 0 aliphatic rings. The molecule has 0 aliphatic heterocycles. The molecule has 0 bridgehead atoms. The van der Waals surface area contributed by atoms with Gasteiger partial charge in [0.25, 0.3) is 0 Å². The van der Waals surface area contributed by atoms with Crippen molar-refractivity contribution in [3.8, 4) is 0 Å². The first-order valence-corrected chi connectivity index (χ1v) is 1.11. The van der Waals surface area contributed by atoms with Gasteiger partial charge in [0, 0.05) is 9.90 Å². The van der Waals surface area contributed by atoms with E-state index in [4.69, 9.17) is 19.8 Å². The van der Waals surface area contributed by atoms with Crippen LogP contribution in [0.3, 0.4) is 0 Å². The Morgan fingerprint density at radius 1 is 1.00 bits per heavy atom. The van der Waals surface area contributed by atoms with E-state index >= 15 is 0 Å². The highest BCUT2D eigenvalue weighted by Gasteiger charge is 2.04. The van der Waals surface area contributed by atoms with Crippen molar-refractivity contribution in [1.82, 2.24) is 0 Å². The molecule has 4 nitrogen and oxygen atoms in total. The van der Waals surface area contributed by atoms with E-state index in [9.17, 15) is 0 Å². The molecular weight excluding hydrogens is 119 g/mol. The summed E-state index contributed by atoms with van der Waals surface area (Å²) in [5.74, 6) is -3.65. The fraction of sp³-hybridized carbons (Fsp3) is 0. The second-order valence-electron chi connectivity index (χ2n) is 0.610. The Kier molecular flexibility index (Phi) is 4.89. The fourth-order valence-electron chi connectivity index (χ4n) is 0. The highest BCUT2D eigenvalue weighted by atomic mass is 31.0. The highest BCUT2D eigenvalue weighted by molar-refractivity contribution is 6.92. The van der Waals surface area contributed by atoms with Gasteiger partial charge in [-0.3, -0.25) is 0 Å². The van der Waals surface area contributed by atoms with Crippen molar-refractivity contribution in [2.75, 3.05) is 0 Å². The van der Waals surface area contributed by atoms with Crippen LogP contribution in [0.4, 0.5) is 0 Å². The fourth-order valence-corrected chi connectivity index (χ4v) is 0. The van der Waals surface area contributed by atoms with Gasteiger partial charge in [-0.05, 0) is 0 Å². The number of carbonyl (C=O) groups is 2. The second-order valence-corrected chi connectivity index (χ2v) is 0.610. The van der Waals surface area contributed by atoms with Crippen molar-refractivity contribution >= 4 is 21.8 Å². The zero-order valence-corrected chi connectivity index (χ0v) is 4.05. The Morgan fingerprint density at radius 3 is 1.14 bits per heavy atom. The summed E-state index contributed by atoms with van der Waals surface area (Å²) < 4.78 is 0. The Labute approximate surface area is 42.8 Å². The molecule has 0 aromatic carbocycles. The van der Waals surface area contributed by atoms with Crippen molar-refractivity contribution < 1.29 is 19.8 Å². The minimum atomic E-state index is -1.82. The molecule has 7 heavy (non-hydrogen) atoms. The largest absolute Gasteiger partial charge is 0.473 e. The first-order valence-electron chi connectivity index (χ1n) is 1.11. The van der Waals surface area contributed by atoms with Crippen LogP contribution in [0.2, 0.25) is 0 Å². The topological polar surface area (TPSA) is 74.6 Å². The molecule has 0 aromatic rings. The molecule has 0 spiro atoms. The Balaban J connectivity index is 0. The third-order valence-electron chi connectivity index (χ3n) is 0.183. The molecule has 0 heterocycles. The number of aliphatic carboxylic acids is 2. The van der Waals surface area contributed by atoms with Crippen molar-refractivity contribution in [2.45, 2.75) is 0 Å². The molecule has 5 heteroatoms. The molecule has 0 saturated carbocycles. The SMILES string of the molecule is O=C(O)C(=O)O.[P]. The summed E-state index contributed by atoms with van der Waals surface area (Å²) >= 11 is 0. The highest BCUT2D eigenvalue weighted by Crippen LogP contribution is 1.56. The zero-order valence-electron chi connectivity index (χ0n) is 3.16. The lowest BCUT2D eigenvalue weighted by Gasteiger charge is -1.72. The van der Waals surface area contributed by atoms with E-state index in [-0.39, 0.29) is 9.90 Å². The van der Waals surface area contributed by atoms with Gasteiger partial charge >= 0.3 is 11.9 Å². The van der Waals surface area contributed by atoms with Gasteiger partial charge in [0.1, 0.15) is 0 Å². The summed E-state index contributed by atoms with van der Waals surface area (Å²) in [5, 5.41) is 14.8. The zero-order chi connectivity index (χ0) is 5.15. The minimum absolute atomic E-state index is 0. The first-order chi connectivity index (χ1) is 2.64. The monoisotopic (exact) mass is 121 g/mol. The van der Waals surface area contributed by atoms with Crippen LogP contribution in [0.1, 0.15) is 0 Å². The van der Waals surface area contributed by atoms with Gasteiger partial charge in [0.05, 0.1) is 0 Å². The quantitative estimate of drug-likeness (QED) is 0.350. The van der Waals surface area contributed by atoms with Crippen molar-refractivity contribution in [1.29, 1.82) is 0 Å². The van der Waals surface area contributed by atoms with Crippen LogP contribution in [-0.2, 0) is 9.59 Å². The molecule has 2 N–H and O–H groups in total. The maximum Gasteiger partial charge on any atom is 0.414 e. The maximum atomic E-state index is 9.10. The predicted molar refractivity (Wildman–Crippen MR) is 22.2 cm³/mol. The maximum absolute atomic E-state index is 9.10. The number of hydrogen-bond donors (Lipinski definition) is 2. The Morgan fingerprint density at radius 2 is 1.14 bits per heavy atom. The molecule has 0 rings (SSSR count). The lowest BCUT2D eigenvalue weighted by Crippen LogP contribution is -2.09. The average molecular weight is 121 g/mol. The molecule has 0 aliphatic carbocycles. The molecule has 0 amide bonds. The molecular formula is C2H2O4P. The summed E-state index contributed by atoms with van der Waals surface area (Å²) in [6, 6.07) is 0. The number of carboxylic acid groups (broad SMARTS) is 2. The first kappa shape index (κ1) is 9.62. The third kappa shape index (κ3) is 5.37. The Bertz CT molecular complexity index is 75.7. The average Bonchev–Trinajstić information content (AvgIpc) is 1.36. The Hall–Kier alpha value is -0.630. The van der Waals surface area contributed by atoms with Gasteiger partial charge in [-0.25, -0.2) is 9.59 Å². The number of hydrogen-bond acceptors (Lipinski definition) is 2. The summed E-state index contributed by atoms with van der Waals surface area (Å²) in [4.78, 5) is 18.2. The molecule has 0 aromatic heterocycles. The van der Waals surface area contributed by atoms with Crippen LogP contribution in [0.25, 0.3) is 0 Å². The van der Waals surface area contributed by atoms with E-state index in [1.807, 2.05) is 0 Å². The number of carboxylic acids is 2. The van der Waals surface area contributed by atoms with E-state index in [0.29, 0.717) is 0 Å². The summed E-state index contributed by atoms with van der Waals surface area (Å²) in [7, 11) is 0. The lowest BCUT2D eigenvalue weighted by molar-refractivity contribution is -0.159. The van der Waals surface area contributed by atoms with Crippen LogP contribution in [-0.4, -0.2) is 22.2 Å². The van der Waals surface area contributed by atoms with E-state index in [1.165, 1.54) is 0 Å². The summed E-state index contributed by atoms with van der Waals surface area (Å²) in [6.07, 6.45) is 0. The van der Waals surface area contributed by atoms with Crippen molar-refractivity contribution in [3.05, 3.63) is 0 Å². The van der Waals surface area contributed by atoms with E-state index < -0.39 is 11.9 Å². The summed E-state index contributed by atoms with van der Waals surface area (Å²) in [5.41, 5.74) is 0. The van der Waals surface area contributed by atoms with Gasteiger partial charge < -0.3 is 10.2 Å². The number of rotatable bonds is 0. The van der Waals surface area contributed by atoms with Crippen LogP contribution < -0.4 is 0 Å². The minimum Gasteiger partial charge on any atom is -0.473 e. The smallest absolute Gasteiger partial charge is 0.414 e. The van der Waals surface area contributed by atoms with E-state index in [1.54, 1.807) is 0 Å². The molecule has 0 saturated heterocycles. The van der Waals surface area contributed by atoms with Gasteiger partial charge in [0.2, 0.25) is 0 Å². The van der Waals surface area contributed by atoms with Gasteiger partial charge in [-0.15, -0.1) is 0 Å². The lowest BCUT2D eigenvalue weighted by atomic mass is 10.7. The van der Waals surface area contributed by atoms with Crippen LogP contribution in [0, 0.1) is 0 Å². The van der Waals surface area contributed by atoms with Crippen LogP contribution in [0.5, 0.6) is 0 Å². The molecule has 39 valence electrons. The molecule has 0 atom stereocenters. The molecule has 0 fully saturated rings. The van der Waals surface area contributed by atoms with Gasteiger partial charge in [0.15, 0.2) is 0 Å². The van der Waals surface area contributed by atoms with Crippen molar-refractivity contribution in [2.24, 2.45) is 0 Å². The second kappa shape index (κ2) is 3.56. The molecule has 0 unspecified atom stereocenters. The van der Waals surface area contributed by atoms with Gasteiger partial charge in [-0.1, -0.05) is 0 Å². The van der Waals surface area contributed by atoms with E-state index in [2.05, 4.69) is 0 Å². The normalized spacial score (nSPS) is 6.29. The van der Waals surface area contributed by atoms with Gasteiger partial charge in [-0.2, -0.15) is 0 Å². The predicted octanol–water partition coefficient (Wildman–Crippen LogP) is 0.0168. The molecule has 3 radical (unpaired) electrons. The van der Waals surface area contributed by atoms with Crippen molar-refractivity contribution in [3.63, 3.8) is 0 Å². The standard InChI is InChI=1S/C2H2O4.P/c3-1(4)2(5)6;/h(H,3,4)(H,5,6);. The van der Waals surface area contributed by atoms with Crippen LogP contribution in [0.15, 0.2) is 0 Å². The summed E-state index contributed by atoms with van der Waals surface area (Å²) in [6.45, 7) is 0. The third-order valence-corrected chi connectivity index (χ3v) is 0.183. The van der Waals surface area contributed by atoms with E-state index in [0.717, 1.165) is 0 Å². The van der Waals surface area contributed by atoms with Crippen LogP contribution >= 0.6 is 9.90 Å².